The molecule has 3 heterocycles. The van der Waals surface area contributed by atoms with Gasteiger partial charge >= 0.3 is 4.87 Å². The molecule has 0 unspecified atom stereocenters. The van der Waals surface area contributed by atoms with Gasteiger partial charge in [-0.25, -0.2) is 4.98 Å². The minimum Gasteiger partial charge on any atom is -0.317 e. The maximum absolute atomic E-state index is 12.2. The fourth-order valence-electron chi connectivity index (χ4n) is 2.71. The highest BCUT2D eigenvalue weighted by molar-refractivity contribution is 7.15. The Morgan fingerprint density at radius 2 is 2.13 bits per heavy atom. The van der Waals surface area contributed by atoms with Gasteiger partial charge in [-0.2, -0.15) is 0 Å². The van der Waals surface area contributed by atoms with Gasteiger partial charge < -0.3 is 10.6 Å². The van der Waals surface area contributed by atoms with Gasteiger partial charge in [0.2, 0.25) is 5.91 Å². The van der Waals surface area contributed by atoms with E-state index in [0.29, 0.717) is 11.0 Å². The molecule has 2 aromatic rings. The number of hydrogen-bond donors (Lipinski definition) is 2. The van der Waals surface area contributed by atoms with Crippen molar-refractivity contribution in [2.45, 2.75) is 39.2 Å². The van der Waals surface area contributed by atoms with E-state index < -0.39 is 0 Å². The van der Waals surface area contributed by atoms with Crippen LogP contribution in [-0.2, 0) is 11.3 Å². The number of nitrogens with one attached hydrogen (secondary N) is 2. The molecule has 0 aromatic carbocycles. The number of anilines is 1. The monoisotopic (exact) mass is 352 g/mol. The van der Waals surface area contributed by atoms with Gasteiger partial charge in [-0.15, -0.1) is 11.3 Å². The molecular formula is C15H20N4O2S2. The van der Waals surface area contributed by atoms with Crippen LogP contribution in [0.4, 0.5) is 5.13 Å². The van der Waals surface area contributed by atoms with Crippen LogP contribution in [0.5, 0.6) is 0 Å². The van der Waals surface area contributed by atoms with E-state index in [1.54, 1.807) is 0 Å². The van der Waals surface area contributed by atoms with Crippen molar-refractivity contribution in [1.29, 1.82) is 0 Å². The highest BCUT2D eigenvalue weighted by Crippen LogP contribution is 2.31. The Hall–Kier alpha value is -1.51. The van der Waals surface area contributed by atoms with Crippen molar-refractivity contribution in [3.05, 3.63) is 31.3 Å². The Bertz CT molecular complexity index is 756. The number of carbonyl (C=O) groups is 1. The molecule has 3 rings (SSSR count). The number of hydrogen-bond acceptors (Lipinski definition) is 6. The summed E-state index contributed by atoms with van der Waals surface area (Å²) in [5.41, 5.74) is 0.852. The third-order valence-electron chi connectivity index (χ3n) is 4.19. The number of piperidine rings is 1. The summed E-state index contributed by atoms with van der Waals surface area (Å²) >= 11 is 2.71. The summed E-state index contributed by atoms with van der Waals surface area (Å²) in [6.45, 7) is 5.85. The molecular weight excluding hydrogens is 332 g/mol. The molecule has 2 N–H and O–H groups in total. The van der Waals surface area contributed by atoms with Crippen molar-refractivity contribution in [2.75, 3.05) is 18.4 Å². The van der Waals surface area contributed by atoms with E-state index in [1.807, 2.05) is 20.0 Å². The molecule has 1 aliphatic heterocycles. The van der Waals surface area contributed by atoms with Crippen LogP contribution in [0, 0.1) is 13.8 Å². The van der Waals surface area contributed by atoms with Gasteiger partial charge in [0.25, 0.3) is 0 Å². The zero-order valence-electron chi connectivity index (χ0n) is 13.2. The van der Waals surface area contributed by atoms with Crippen molar-refractivity contribution in [1.82, 2.24) is 14.9 Å². The van der Waals surface area contributed by atoms with Crippen LogP contribution in [0.2, 0.25) is 0 Å². The molecule has 0 aliphatic carbocycles. The summed E-state index contributed by atoms with van der Waals surface area (Å²) in [7, 11) is 0. The van der Waals surface area contributed by atoms with Crippen LogP contribution in [0.15, 0.2) is 11.0 Å². The van der Waals surface area contributed by atoms with E-state index in [1.165, 1.54) is 32.1 Å². The largest absolute Gasteiger partial charge is 0.317 e. The van der Waals surface area contributed by atoms with E-state index in [9.17, 15) is 9.59 Å². The van der Waals surface area contributed by atoms with Gasteiger partial charge in [0.15, 0.2) is 5.13 Å². The van der Waals surface area contributed by atoms with Gasteiger partial charge in [0.05, 0.1) is 0 Å². The van der Waals surface area contributed by atoms with E-state index in [4.69, 9.17) is 0 Å². The Labute approximate surface area is 142 Å². The molecule has 6 nitrogen and oxygen atoms in total. The van der Waals surface area contributed by atoms with Gasteiger partial charge in [-0.05, 0) is 45.7 Å². The number of nitrogens with zero attached hydrogens (tertiary/aromatic N) is 2. The normalized spacial score (nSPS) is 15.7. The lowest BCUT2D eigenvalue weighted by Gasteiger charge is -2.20. The first kappa shape index (κ1) is 16.4. The predicted molar refractivity (Wildman–Crippen MR) is 93.6 cm³/mol. The minimum absolute atomic E-state index is 0.0390. The predicted octanol–water partition coefficient (Wildman–Crippen LogP) is 2.09. The fraction of sp³-hybridized carbons (Fsp3) is 0.533. The van der Waals surface area contributed by atoms with E-state index in [2.05, 4.69) is 15.6 Å². The van der Waals surface area contributed by atoms with Crippen molar-refractivity contribution in [3.8, 4) is 0 Å². The Kier molecular flexibility index (Phi) is 4.93. The average Bonchev–Trinajstić information content (AvgIpc) is 3.09. The maximum Gasteiger partial charge on any atom is 0.308 e. The van der Waals surface area contributed by atoms with Crippen LogP contribution in [0.3, 0.4) is 0 Å². The van der Waals surface area contributed by atoms with E-state index in [0.717, 1.165) is 36.5 Å². The molecule has 23 heavy (non-hydrogen) atoms. The molecule has 8 heteroatoms. The van der Waals surface area contributed by atoms with Gasteiger partial charge in [0, 0.05) is 21.6 Å². The molecule has 1 aliphatic rings. The summed E-state index contributed by atoms with van der Waals surface area (Å²) in [5, 5.41) is 6.77. The molecule has 1 saturated heterocycles. The standard InChI is InChI=1S/C15H20N4O2S2/c1-9-10(2)22-15(21)19(9)8-13(20)18-14-17-7-12(23-14)11-3-5-16-6-4-11/h7,11,16H,3-6,8H2,1-2H3,(H,17,18,20). The molecule has 1 amide bonds. The Morgan fingerprint density at radius 3 is 2.78 bits per heavy atom. The van der Waals surface area contributed by atoms with Gasteiger partial charge in [0.1, 0.15) is 6.54 Å². The van der Waals surface area contributed by atoms with Crippen LogP contribution < -0.4 is 15.5 Å². The summed E-state index contributed by atoms with van der Waals surface area (Å²) in [6.07, 6.45) is 4.08. The average molecular weight is 352 g/mol. The minimum atomic E-state index is -0.209. The van der Waals surface area contributed by atoms with E-state index >= 15 is 0 Å². The lowest BCUT2D eigenvalue weighted by Crippen LogP contribution is -2.26. The van der Waals surface area contributed by atoms with E-state index in [-0.39, 0.29) is 17.3 Å². The lowest BCUT2D eigenvalue weighted by molar-refractivity contribution is -0.116. The highest BCUT2D eigenvalue weighted by atomic mass is 32.1. The smallest absolute Gasteiger partial charge is 0.308 e. The zero-order chi connectivity index (χ0) is 16.4. The molecule has 0 spiro atoms. The fourth-order valence-corrected chi connectivity index (χ4v) is 4.54. The number of aromatic nitrogens is 2. The number of carbonyl (C=O) groups excluding carboxylic acids is 1. The van der Waals surface area contributed by atoms with Crippen molar-refractivity contribution in [3.63, 3.8) is 0 Å². The summed E-state index contributed by atoms with van der Waals surface area (Å²) in [6, 6.07) is 0. The molecule has 0 bridgehead atoms. The number of rotatable bonds is 4. The zero-order valence-corrected chi connectivity index (χ0v) is 14.9. The number of aryl methyl sites for hydroxylation is 1. The maximum atomic E-state index is 12.2. The molecule has 0 atom stereocenters. The van der Waals surface area contributed by atoms with Gasteiger partial charge in [-0.1, -0.05) is 11.3 Å². The third-order valence-corrected chi connectivity index (χ3v) is 6.26. The van der Waals surface area contributed by atoms with Crippen LogP contribution in [-0.4, -0.2) is 28.5 Å². The Balaban J connectivity index is 1.64. The van der Waals surface area contributed by atoms with Crippen LogP contribution in [0.1, 0.15) is 34.2 Å². The van der Waals surface area contributed by atoms with Crippen molar-refractivity contribution < 1.29 is 4.79 Å². The number of amides is 1. The first-order valence-electron chi connectivity index (χ1n) is 7.67. The third kappa shape index (κ3) is 3.70. The molecule has 0 radical (unpaired) electrons. The summed E-state index contributed by atoms with van der Waals surface area (Å²) in [5.74, 6) is 0.322. The second-order valence-electron chi connectivity index (χ2n) is 5.74. The SMILES string of the molecule is Cc1sc(=O)n(CC(=O)Nc2ncc(C3CCNCC3)s2)c1C. The molecule has 2 aromatic heterocycles. The second-order valence-corrected chi connectivity index (χ2v) is 7.96. The first-order valence-corrected chi connectivity index (χ1v) is 9.31. The molecule has 0 saturated carbocycles. The summed E-state index contributed by atoms with van der Waals surface area (Å²) in [4.78, 5) is 30.4. The van der Waals surface area contributed by atoms with Crippen molar-refractivity contribution in [2.24, 2.45) is 0 Å². The first-order chi connectivity index (χ1) is 11.0. The van der Waals surface area contributed by atoms with Gasteiger partial charge in [-0.3, -0.25) is 14.2 Å². The lowest BCUT2D eigenvalue weighted by atomic mass is 9.97. The second kappa shape index (κ2) is 6.94. The summed E-state index contributed by atoms with van der Waals surface area (Å²) < 4.78 is 1.51. The number of thiazole rings is 2. The topological polar surface area (TPSA) is 76.0 Å². The highest BCUT2D eigenvalue weighted by Gasteiger charge is 2.19. The van der Waals surface area contributed by atoms with Crippen LogP contribution in [0.25, 0.3) is 0 Å². The Morgan fingerprint density at radius 1 is 1.39 bits per heavy atom. The molecule has 124 valence electrons. The van der Waals surface area contributed by atoms with Crippen LogP contribution >= 0.6 is 22.7 Å². The van der Waals surface area contributed by atoms with Crippen molar-refractivity contribution >= 4 is 33.7 Å². The molecule has 1 fully saturated rings. The quantitative estimate of drug-likeness (QED) is 0.883.